The number of anilines is 2. The van der Waals surface area contributed by atoms with E-state index in [1.165, 1.54) is 23.7 Å². The van der Waals surface area contributed by atoms with Crippen LogP contribution in [0.5, 0.6) is 0 Å². The fourth-order valence-electron chi connectivity index (χ4n) is 1.43. The average Bonchev–Trinajstić information content (AvgIpc) is 2.67. The van der Waals surface area contributed by atoms with E-state index >= 15 is 0 Å². The lowest BCUT2D eigenvalue weighted by Crippen LogP contribution is -1.99. The first-order chi connectivity index (χ1) is 8.20. The number of nitrogens with one attached hydrogen (secondary N) is 1. The molecule has 0 unspecified atom stereocenters. The third-order valence-corrected chi connectivity index (χ3v) is 3.99. The summed E-state index contributed by atoms with van der Waals surface area (Å²) in [7, 11) is 0. The molecular weight excluding hydrogens is 257 g/mol. The van der Waals surface area contributed by atoms with Gasteiger partial charge in [-0.3, -0.25) is 0 Å². The minimum Gasteiger partial charge on any atom is -0.382 e. The van der Waals surface area contributed by atoms with E-state index in [9.17, 15) is 4.39 Å². The number of hydrogen-bond acceptors (Lipinski definition) is 5. The predicted molar refractivity (Wildman–Crippen MR) is 72.0 cm³/mol. The van der Waals surface area contributed by atoms with Crippen LogP contribution in [-0.2, 0) is 6.54 Å². The van der Waals surface area contributed by atoms with Gasteiger partial charge in [0.2, 0.25) is 0 Å². The average molecular weight is 269 g/mol. The van der Waals surface area contributed by atoms with Crippen LogP contribution in [0.2, 0.25) is 0 Å². The fraction of sp³-hybridized carbons (Fsp3) is 0.182. The molecule has 6 heteroatoms. The third kappa shape index (κ3) is 2.89. The molecular formula is C11H12FN3S2. The van der Waals surface area contributed by atoms with Crippen molar-refractivity contribution in [1.82, 2.24) is 4.37 Å². The van der Waals surface area contributed by atoms with Crippen molar-refractivity contribution >= 4 is 34.1 Å². The van der Waals surface area contributed by atoms with Gasteiger partial charge in [-0.25, -0.2) is 4.39 Å². The molecule has 0 atom stereocenters. The van der Waals surface area contributed by atoms with Crippen LogP contribution in [0.1, 0.15) is 5.56 Å². The summed E-state index contributed by atoms with van der Waals surface area (Å²) in [6, 6.07) is 6.51. The Kier molecular flexibility index (Phi) is 3.86. The van der Waals surface area contributed by atoms with Gasteiger partial charge in [-0.1, -0.05) is 12.1 Å². The van der Waals surface area contributed by atoms with Crippen molar-refractivity contribution in [2.75, 3.05) is 17.3 Å². The minimum absolute atomic E-state index is 0.224. The van der Waals surface area contributed by atoms with Gasteiger partial charge >= 0.3 is 0 Å². The second kappa shape index (κ2) is 5.37. The lowest BCUT2D eigenvalue weighted by Gasteiger charge is -2.05. The summed E-state index contributed by atoms with van der Waals surface area (Å²) >= 11 is 2.88. The molecule has 0 spiro atoms. The molecule has 2 aromatic rings. The molecule has 0 radical (unpaired) electrons. The van der Waals surface area contributed by atoms with E-state index < -0.39 is 0 Å². The fourth-order valence-corrected chi connectivity index (χ4v) is 2.97. The van der Waals surface area contributed by atoms with Gasteiger partial charge < -0.3 is 11.1 Å². The molecule has 3 nitrogen and oxygen atoms in total. The van der Waals surface area contributed by atoms with Gasteiger partial charge in [-0.2, -0.15) is 4.37 Å². The zero-order valence-corrected chi connectivity index (χ0v) is 10.9. The van der Waals surface area contributed by atoms with Crippen molar-refractivity contribution in [2.45, 2.75) is 11.4 Å². The van der Waals surface area contributed by atoms with Crippen LogP contribution in [0.25, 0.3) is 0 Å². The first-order valence-corrected chi connectivity index (χ1v) is 6.98. The summed E-state index contributed by atoms with van der Waals surface area (Å²) in [5.74, 6) is 0.322. The summed E-state index contributed by atoms with van der Waals surface area (Å²) in [5, 5.41) is 4.15. The second-order valence-corrected chi connectivity index (χ2v) is 5.00. The Morgan fingerprint density at radius 1 is 1.53 bits per heavy atom. The summed E-state index contributed by atoms with van der Waals surface area (Å²) < 4.78 is 17.1. The Bertz CT molecular complexity index is 513. The van der Waals surface area contributed by atoms with E-state index in [2.05, 4.69) is 9.69 Å². The van der Waals surface area contributed by atoms with Crippen LogP contribution in [0.3, 0.4) is 0 Å². The molecule has 0 saturated carbocycles. The number of aromatic nitrogens is 1. The van der Waals surface area contributed by atoms with Gasteiger partial charge in [0.05, 0.1) is 4.90 Å². The van der Waals surface area contributed by atoms with Crippen molar-refractivity contribution in [2.24, 2.45) is 0 Å². The Hall–Kier alpha value is -1.27. The normalized spacial score (nSPS) is 10.5. The molecule has 0 saturated heterocycles. The van der Waals surface area contributed by atoms with Gasteiger partial charge in [-0.15, -0.1) is 11.8 Å². The summed E-state index contributed by atoms with van der Waals surface area (Å²) in [6.45, 7) is 0.562. The minimum atomic E-state index is -0.224. The summed E-state index contributed by atoms with van der Waals surface area (Å²) in [5.41, 5.74) is 6.62. The van der Waals surface area contributed by atoms with Gasteiger partial charge in [0.25, 0.3) is 0 Å². The standard InChI is InChI=1S/C11H12FN3S2/c1-16-9-10(13)15-17-11(9)14-6-7-3-2-4-8(12)5-7/h2-5,14H,6H2,1H3,(H2,13,15). The molecule has 3 N–H and O–H groups in total. The lowest BCUT2D eigenvalue weighted by molar-refractivity contribution is 0.626. The molecule has 0 aliphatic carbocycles. The number of rotatable bonds is 4. The molecule has 0 amide bonds. The Balaban J connectivity index is 2.07. The maximum Gasteiger partial charge on any atom is 0.153 e. The largest absolute Gasteiger partial charge is 0.382 e. The molecule has 0 aliphatic heterocycles. The first-order valence-electron chi connectivity index (χ1n) is 4.98. The van der Waals surface area contributed by atoms with E-state index in [0.29, 0.717) is 12.4 Å². The highest BCUT2D eigenvalue weighted by Gasteiger charge is 2.09. The van der Waals surface area contributed by atoms with E-state index in [1.807, 2.05) is 12.3 Å². The van der Waals surface area contributed by atoms with Crippen LogP contribution in [0.4, 0.5) is 15.2 Å². The highest BCUT2D eigenvalue weighted by Crippen LogP contribution is 2.34. The molecule has 1 aromatic heterocycles. The van der Waals surface area contributed by atoms with Crippen molar-refractivity contribution in [3.8, 4) is 0 Å². The first kappa shape index (κ1) is 12.2. The number of benzene rings is 1. The van der Waals surface area contributed by atoms with Crippen molar-refractivity contribution < 1.29 is 4.39 Å². The second-order valence-electron chi connectivity index (χ2n) is 3.41. The monoisotopic (exact) mass is 269 g/mol. The molecule has 0 fully saturated rings. The van der Waals surface area contributed by atoms with Crippen LogP contribution in [0, 0.1) is 5.82 Å². The number of nitrogen functional groups attached to an aromatic ring is 1. The number of thioether (sulfide) groups is 1. The van der Waals surface area contributed by atoms with Crippen molar-refractivity contribution in [1.29, 1.82) is 0 Å². The van der Waals surface area contributed by atoms with Gasteiger partial charge in [0.15, 0.2) is 5.82 Å². The predicted octanol–water partition coefficient (Wildman–Crippen LogP) is 3.20. The number of hydrogen-bond donors (Lipinski definition) is 2. The Labute approximate surface area is 107 Å². The van der Waals surface area contributed by atoms with Gasteiger partial charge in [0.1, 0.15) is 10.8 Å². The quantitative estimate of drug-likeness (QED) is 0.837. The van der Waals surface area contributed by atoms with Crippen molar-refractivity contribution in [3.63, 3.8) is 0 Å². The smallest absolute Gasteiger partial charge is 0.153 e. The highest BCUT2D eigenvalue weighted by atomic mass is 32.2. The molecule has 90 valence electrons. The molecule has 2 rings (SSSR count). The number of nitrogens with zero attached hydrogens (tertiary/aromatic N) is 1. The molecule has 0 bridgehead atoms. The van der Waals surface area contributed by atoms with Crippen LogP contribution in [0.15, 0.2) is 29.2 Å². The van der Waals surface area contributed by atoms with Crippen LogP contribution < -0.4 is 11.1 Å². The Morgan fingerprint density at radius 2 is 2.35 bits per heavy atom. The maximum atomic E-state index is 13.0. The maximum absolute atomic E-state index is 13.0. The summed E-state index contributed by atoms with van der Waals surface area (Å²) in [4.78, 5) is 0.950. The Morgan fingerprint density at radius 3 is 3.06 bits per heavy atom. The van der Waals surface area contributed by atoms with E-state index in [0.717, 1.165) is 15.5 Å². The van der Waals surface area contributed by atoms with E-state index in [4.69, 9.17) is 5.73 Å². The van der Waals surface area contributed by atoms with Crippen LogP contribution >= 0.6 is 23.3 Å². The topological polar surface area (TPSA) is 50.9 Å². The molecule has 17 heavy (non-hydrogen) atoms. The summed E-state index contributed by atoms with van der Waals surface area (Å²) in [6.07, 6.45) is 1.95. The molecule has 1 aromatic carbocycles. The van der Waals surface area contributed by atoms with Gasteiger partial charge in [-0.05, 0) is 35.5 Å². The third-order valence-electron chi connectivity index (χ3n) is 2.22. The SMILES string of the molecule is CSc1c(N)nsc1NCc1cccc(F)c1. The van der Waals surface area contributed by atoms with E-state index in [1.54, 1.807) is 17.8 Å². The molecule has 1 heterocycles. The zero-order chi connectivity index (χ0) is 12.3. The number of nitrogens with two attached hydrogens (primary N) is 1. The van der Waals surface area contributed by atoms with E-state index in [-0.39, 0.29) is 5.82 Å². The number of halogens is 1. The van der Waals surface area contributed by atoms with Crippen molar-refractivity contribution in [3.05, 3.63) is 35.6 Å². The van der Waals surface area contributed by atoms with Gasteiger partial charge in [0, 0.05) is 6.54 Å². The molecule has 0 aliphatic rings. The highest BCUT2D eigenvalue weighted by molar-refractivity contribution is 7.99. The zero-order valence-electron chi connectivity index (χ0n) is 9.24. The lowest BCUT2D eigenvalue weighted by atomic mass is 10.2. The van der Waals surface area contributed by atoms with Crippen LogP contribution in [-0.4, -0.2) is 10.6 Å².